The molecule has 2 rings (SSSR count). The zero-order valence-corrected chi connectivity index (χ0v) is 17.0. The normalized spacial score (nSPS) is 20.3. The van der Waals surface area contributed by atoms with E-state index < -0.39 is 27.3 Å². The van der Waals surface area contributed by atoms with Crippen LogP contribution in [-0.2, 0) is 10.2 Å². The summed E-state index contributed by atoms with van der Waals surface area (Å²) in [5.41, 5.74) is -1.22. The Morgan fingerprint density at radius 2 is 2.11 bits per heavy atom. The first-order chi connectivity index (χ1) is 12.9. The Hall–Kier alpha value is -2.51. The number of ether oxygens (including phenoxy) is 1. The van der Waals surface area contributed by atoms with Crippen LogP contribution < -0.4 is 14.6 Å². The van der Waals surface area contributed by atoms with Crippen molar-refractivity contribution in [1.29, 1.82) is 5.26 Å². The molecule has 0 aliphatic carbocycles. The average molecular weight is 410 g/mol. The molecule has 1 amide bonds. The van der Waals surface area contributed by atoms with Crippen LogP contribution >= 0.6 is 0 Å². The van der Waals surface area contributed by atoms with E-state index in [1.165, 1.54) is 23.1 Å². The molecule has 0 bridgehead atoms. The molecular weight excluding hydrogens is 384 g/mol. The number of nitrogens with zero attached hydrogens (tertiary/aromatic N) is 2. The van der Waals surface area contributed by atoms with Crippen LogP contribution in [0.15, 0.2) is 18.2 Å². The third-order valence-corrected chi connectivity index (χ3v) is 5.73. The Labute approximate surface area is 165 Å². The van der Waals surface area contributed by atoms with Crippen LogP contribution in [0.5, 0.6) is 5.75 Å². The molecule has 0 radical (unpaired) electrons. The van der Waals surface area contributed by atoms with Crippen LogP contribution in [0.1, 0.15) is 45.6 Å². The smallest absolute Gasteiger partial charge is 0.407 e. The third kappa shape index (κ3) is 4.48. The summed E-state index contributed by atoms with van der Waals surface area (Å²) < 4.78 is 30.7. The monoisotopic (exact) mass is 410 g/mol. The van der Waals surface area contributed by atoms with Crippen molar-refractivity contribution in [3.8, 4) is 11.8 Å². The number of nitrogens with one attached hydrogen (secondary N) is 1. The number of benzene rings is 1. The van der Waals surface area contributed by atoms with E-state index in [4.69, 9.17) is 9.88 Å². The maximum atomic E-state index is 11.9. The summed E-state index contributed by atoms with van der Waals surface area (Å²) in [5, 5.41) is 24.2. The second-order valence-electron chi connectivity index (χ2n) is 7.90. The molecule has 0 aromatic heterocycles. The van der Waals surface area contributed by atoms with Crippen LogP contribution in [0, 0.1) is 16.7 Å². The van der Waals surface area contributed by atoms with E-state index in [0.29, 0.717) is 13.0 Å². The Morgan fingerprint density at radius 3 is 2.64 bits per heavy atom. The third-order valence-electron chi connectivity index (χ3n) is 5.22. The molecule has 1 fully saturated rings. The molecule has 1 aromatic rings. The number of carboxylic acid groups (broad SMARTS) is 1. The van der Waals surface area contributed by atoms with Crippen LogP contribution in [0.3, 0.4) is 0 Å². The number of nitrogens with two attached hydrogens (primary N) is 1. The number of piperidine rings is 1. The van der Waals surface area contributed by atoms with E-state index in [0.717, 1.165) is 12.8 Å². The lowest BCUT2D eigenvalue weighted by atomic mass is 9.68. The van der Waals surface area contributed by atoms with Gasteiger partial charge in [-0.25, -0.2) is 9.93 Å². The molecular formula is C18H26N4O5S. The van der Waals surface area contributed by atoms with Gasteiger partial charge in [0, 0.05) is 6.54 Å². The fourth-order valence-electron chi connectivity index (χ4n) is 3.66. The van der Waals surface area contributed by atoms with Crippen molar-refractivity contribution >= 4 is 22.0 Å². The Balaban J connectivity index is 2.40. The molecule has 1 heterocycles. The molecule has 0 unspecified atom stereocenters. The minimum atomic E-state index is -4.06. The summed E-state index contributed by atoms with van der Waals surface area (Å²) in [6.45, 7) is 6.33. The molecule has 1 aliphatic heterocycles. The molecule has 28 heavy (non-hydrogen) atoms. The molecule has 1 atom stereocenters. The number of nitriles is 1. The lowest BCUT2D eigenvalue weighted by Gasteiger charge is -2.53. The maximum Gasteiger partial charge on any atom is 0.407 e. The molecule has 154 valence electrons. The number of hydrogen-bond acceptors (Lipinski definition) is 5. The van der Waals surface area contributed by atoms with Gasteiger partial charge in [-0.2, -0.15) is 13.7 Å². The highest BCUT2D eigenvalue weighted by Crippen LogP contribution is 2.43. The first-order valence-electron chi connectivity index (χ1n) is 8.88. The lowest BCUT2D eigenvalue weighted by Crippen LogP contribution is -2.64. The summed E-state index contributed by atoms with van der Waals surface area (Å²) in [6.07, 6.45) is 1.26. The van der Waals surface area contributed by atoms with Crippen LogP contribution in [0.4, 0.5) is 10.5 Å². The van der Waals surface area contributed by atoms with E-state index in [2.05, 4.69) is 4.72 Å². The average Bonchev–Trinajstić information content (AvgIpc) is 2.57. The van der Waals surface area contributed by atoms with E-state index in [-0.39, 0.29) is 23.6 Å². The van der Waals surface area contributed by atoms with Gasteiger partial charge in [-0.05, 0) is 36.8 Å². The van der Waals surface area contributed by atoms with E-state index in [1.54, 1.807) is 0 Å². The Morgan fingerprint density at radius 1 is 1.43 bits per heavy atom. The van der Waals surface area contributed by atoms with Crippen molar-refractivity contribution in [2.75, 3.05) is 17.9 Å². The fourth-order valence-corrected chi connectivity index (χ4v) is 4.14. The molecule has 1 aliphatic rings. The summed E-state index contributed by atoms with van der Waals surface area (Å²) >= 11 is 0. The van der Waals surface area contributed by atoms with Crippen molar-refractivity contribution in [3.05, 3.63) is 23.8 Å². The molecule has 1 aromatic carbocycles. The minimum Gasteiger partial charge on any atom is -0.490 e. The van der Waals surface area contributed by atoms with Crippen molar-refractivity contribution in [2.45, 2.75) is 45.6 Å². The van der Waals surface area contributed by atoms with Crippen molar-refractivity contribution in [3.63, 3.8) is 0 Å². The molecule has 10 heteroatoms. The van der Waals surface area contributed by atoms with Gasteiger partial charge in [-0.1, -0.05) is 26.8 Å². The highest BCUT2D eigenvalue weighted by Gasteiger charge is 2.51. The molecule has 4 N–H and O–H groups in total. The second-order valence-corrected chi connectivity index (χ2v) is 9.19. The number of anilines is 1. The number of hydrogen-bond donors (Lipinski definition) is 3. The summed E-state index contributed by atoms with van der Waals surface area (Å²) in [7, 11) is -4.06. The minimum absolute atomic E-state index is 0.00560. The van der Waals surface area contributed by atoms with E-state index >= 15 is 0 Å². The van der Waals surface area contributed by atoms with Crippen molar-refractivity contribution in [1.82, 2.24) is 4.90 Å². The number of carbonyl (C=O) groups is 1. The fraction of sp³-hybridized carbons (Fsp3) is 0.556. The largest absolute Gasteiger partial charge is 0.490 e. The lowest BCUT2D eigenvalue weighted by molar-refractivity contribution is -0.0525. The van der Waals surface area contributed by atoms with Gasteiger partial charge in [0.25, 0.3) is 10.2 Å². The first-order valence-corrected chi connectivity index (χ1v) is 10.4. The van der Waals surface area contributed by atoms with Gasteiger partial charge in [0.2, 0.25) is 0 Å². The van der Waals surface area contributed by atoms with Gasteiger partial charge < -0.3 is 9.84 Å². The predicted molar refractivity (Wildman–Crippen MR) is 104 cm³/mol. The molecule has 1 saturated heterocycles. The van der Waals surface area contributed by atoms with Crippen molar-refractivity contribution < 1.29 is 23.1 Å². The Bertz CT molecular complexity index is 888. The van der Waals surface area contributed by atoms with Gasteiger partial charge >= 0.3 is 6.09 Å². The molecule has 0 saturated carbocycles. The SMILES string of the molecule is CC(C)(C)[C@@]1(COc2cccc(NS(N)(=O)=O)c2C#N)CCCCN1C(=O)O. The van der Waals surface area contributed by atoms with Crippen LogP contribution in [0.25, 0.3) is 0 Å². The summed E-state index contributed by atoms with van der Waals surface area (Å²) in [5.74, 6) is 0.163. The summed E-state index contributed by atoms with van der Waals surface area (Å²) in [4.78, 5) is 13.3. The van der Waals surface area contributed by atoms with Gasteiger partial charge in [0.1, 0.15) is 24.0 Å². The zero-order valence-electron chi connectivity index (χ0n) is 16.2. The van der Waals surface area contributed by atoms with Gasteiger partial charge in [0.15, 0.2) is 0 Å². The van der Waals surface area contributed by atoms with E-state index in [9.17, 15) is 23.6 Å². The quantitative estimate of drug-likeness (QED) is 0.680. The molecule has 0 spiro atoms. The van der Waals surface area contributed by atoms with Gasteiger partial charge in [-0.3, -0.25) is 9.62 Å². The Kier molecular flexibility index (Phi) is 6.11. The number of amides is 1. The molecule has 9 nitrogen and oxygen atoms in total. The van der Waals surface area contributed by atoms with Gasteiger partial charge in [-0.15, -0.1) is 0 Å². The number of likely N-dealkylation sites (tertiary alicyclic amines) is 1. The maximum absolute atomic E-state index is 11.9. The van der Waals surface area contributed by atoms with Crippen molar-refractivity contribution in [2.24, 2.45) is 10.6 Å². The zero-order chi connectivity index (χ0) is 21.2. The first kappa shape index (κ1) is 21.8. The van der Waals surface area contributed by atoms with Gasteiger partial charge in [0.05, 0.1) is 11.2 Å². The highest BCUT2D eigenvalue weighted by atomic mass is 32.2. The topological polar surface area (TPSA) is 146 Å². The second kappa shape index (κ2) is 7.85. The highest BCUT2D eigenvalue weighted by molar-refractivity contribution is 7.90. The predicted octanol–water partition coefficient (Wildman–Crippen LogP) is 2.50. The van der Waals surface area contributed by atoms with Crippen LogP contribution in [-0.4, -0.2) is 43.2 Å². The summed E-state index contributed by atoms with van der Waals surface area (Å²) in [6, 6.07) is 6.39. The van der Waals surface area contributed by atoms with E-state index in [1.807, 2.05) is 26.8 Å². The number of rotatable bonds is 5. The van der Waals surface area contributed by atoms with Crippen LogP contribution in [0.2, 0.25) is 0 Å². The standard InChI is InChI=1S/C18H26N4O5S/c1-17(2,3)18(9-4-5-10-22(18)16(23)24)12-27-15-8-6-7-14(13(15)11-19)21-28(20,25)26/h6-8,21H,4-5,9-10,12H2,1-3H3,(H,23,24)(H2,20,25,26)/t18-/m0/s1.